The van der Waals surface area contributed by atoms with E-state index in [9.17, 15) is 0 Å². The standard InChI is InChI=1S/C11H20N2O/c1-3-10(4-2)9-14-13-11-6-5-7-12-8-11/h3-4,11-13H,1,5-9H2,2H3/b10-4+. The monoisotopic (exact) mass is 196 g/mol. The third-order valence-electron chi connectivity index (χ3n) is 2.42. The van der Waals surface area contributed by atoms with Crippen LogP contribution >= 0.6 is 0 Å². The molecular weight excluding hydrogens is 176 g/mol. The van der Waals surface area contributed by atoms with Gasteiger partial charge in [-0.1, -0.05) is 18.7 Å². The highest BCUT2D eigenvalue weighted by molar-refractivity contribution is 5.15. The molecule has 3 heteroatoms. The van der Waals surface area contributed by atoms with Crippen molar-refractivity contribution in [1.82, 2.24) is 10.8 Å². The van der Waals surface area contributed by atoms with Gasteiger partial charge in [-0.05, 0) is 31.9 Å². The van der Waals surface area contributed by atoms with E-state index in [1.54, 1.807) is 0 Å². The van der Waals surface area contributed by atoms with Crippen LogP contribution in [-0.2, 0) is 4.84 Å². The number of rotatable bonds is 5. The van der Waals surface area contributed by atoms with Gasteiger partial charge in [0.25, 0.3) is 0 Å². The van der Waals surface area contributed by atoms with Crippen molar-refractivity contribution in [3.05, 3.63) is 24.3 Å². The van der Waals surface area contributed by atoms with Gasteiger partial charge in [0.15, 0.2) is 0 Å². The molecule has 0 bridgehead atoms. The van der Waals surface area contributed by atoms with Gasteiger partial charge in [0, 0.05) is 12.6 Å². The lowest BCUT2D eigenvalue weighted by Gasteiger charge is -2.23. The topological polar surface area (TPSA) is 33.3 Å². The van der Waals surface area contributed by atoms with E-state index in [-0.39, 0.29) is 0 Å². The largest absolute Gasteiger partial charge is 0.315 e. The van der Waals surface area contributed by atoms with Crippen molar-refractivity contribution in [1.29, 1.82) is 0 Å². The Balaban J connectivity index is 2.10. The van der Waals surface area contributed by atoms with Crippen LogP contribution in [0.4, 0.5) is 0 Å². The van der Waals surface area contributed by atoms with Crippen LogP contribution in [0.2, 0.25) is 0 Å². The van der Waals surface area contributed by atoms with Crippen molar-refractivity contribution in [2.75, 3.05) is 19.7 Å². The third-order valence-corrected chi connectivity index (χ3v) is 2.42. The number of hydroxylamine groups is 1. The summed E-state index contributed by atoms with van der Waals surface area (Å²) in [5.74, 6) is 0. The maximum atomic E-state index is 5.39. The van der Waals surface area contributed by atoms with Crippen molar-refractivity contribution in [2.24, 2.45) is 0 Å². The van der Waals surface area contributed by atoms with E-state index in [2.05, 4.69) is 17.4 Å². The van der Waals surface area contributed by atoms with E-state index in [1.165, 1.54) is 12.8 Å². The van der Waals surface area contributed by atoms with Gasteiger partial charge < -0.3 is 5.32 Å². The minimum Gasteiger partial charge on any atom is -0.315 e. The Kier molecular flexibility index (Phi) is 5.52. The van der Waals surface area contributed by atoms with E-state index < -0.39 is 0 Å². The summed E-state index contributed by atoms with van der Waals surface area (Å²) < 4.78 is 0. The van der Waals surface area contributed by atoms with Gasteiger partial charge in [-0.25, -0.2) is 0 Å². The van der Waals surface area contributed by atoms with Crippen LogP contribution in [0, 0.1) is 0 Å². The lowest BCUT2D eigenvalue weighted by molar-refractivity contribution is 0.0257. The summed E-state index contributed by atoms with van der Waals surface area (Å²) in [6.07, 6.45) is 6.24. The molecule has 0 aliphatic carbocycles. The maximum absolute atomic E-state index is 5.39. The van der Waals surface area contributed by atoms with Gasteiger partial charge in [0.1, 0.15) is 0 Å². The summed E-state index contributed by atoms with van der Waals surface area (Å²) >= 11 is 0. The van der Waals surface area contributed by atoms with Crippen molar-refractivity contribution < 1.29 is 4.84 Å². The minimum atomic E-state index is 0.451. The summed E-state index contributed by atoms with van der Waals surface area (Å²) in [7, 11) is 0. The van der Waals surface area contributed by atoms with Crippen LogP contribution < -0.4 is 10.8 Å². The second-order valence-electron chi connectivity index (χ2n) is 3.52. The Morgan fingerprint density at radius 1 is 1.71 bits per heavy atom. The van der Waals surface area contributed by atoms with Crippen LogP contribution in [-0.4, -0.2) is 25.7 Å². The maximum Gasteiger partial charge on any atom is 0.0929 e. The van der Waals surface area contributed by atoms with E-state index in [1.807, 2.05) is 19.1 Å². The molecule has 2 N–H and O–H groups in total. The Morgan fingerprint density at radius 2 is 2.57 bits per heavy atom. The fourth-order valence-corrected chi connectivity index (χ4v) is 1.46. The van der Waals surface area contributed by atoms with Crippen LogP contribution in [0.3, 0.4) is 0 Å². The molecule has 0 spiro atoms. The van der Waals surface area contributed by atoms with Crippen molar-refractivity contribution >= 4 is 0 Å². The number of hydrogen-bond donors (Lipinski definition) is 2. The van der Waals surface area contributed by atoms with Crippen LogP contribution in [0.1, 0.15) is 19.8 Å². The summed E-state index contributed by atoms with van der Waals surface area (Å²) in [6.45, 7) is 8.42. The van der Waals surface area contributed by atoms with Crippen LogP contribution in [0.15, 0.2) is 24.3 Å². The number of piperidine rings is 1. The second kappa shape index (κ2) is 6.76. The van der Waals surface area contributed by atoms with Gasteiger partial charge in [-0.2, -0.15) is 5.48 Å². The molecule has 80 valence electrons. The zero-order valence-electron chi connectivity index (χ0n) is 8.88. The normalized spacial score (nSPS) is 23.5. The predicted octanol–water partition coefficient (Wildman–Crippen LogP) is 1.39. The lowest BCUT2D eigenvalue weighted by Crippen LogP contribution is -2.43. The molecule has 1 saturated heterocycles. The van der Waals surface area contributed by atoms with Crippen molar-refractivity contribution in [2.45, 2.75) is 25.8 Å². The molecule has 1 fully saturated rings. The Labute approximate surface area is 86.2 Å². The average Bonchev–Trinajstić information content (AvgIpc) is 2.26. The quantitative estimate of drug-likeness (QED) is 0.515. The molecule has 3 nitrogen and oxygen atoms in total. The molecule has 1 rings (SSSR count). The molecule has 0 radical (unpaired) electrons. The van der Waals surface area contributed by atoms with Gasteiger partial charge in [-0.15, -0.1) is 0 Å². The molecule has 0 aromatic carbocycles. The SMILES string of the molecule is C=C/C(=C\C)CONC1CCCNC1. The Morgan fingerprint density at radius 3 is 3.14 bits per heavy atom. The van der Waals surface area contributed by atoms with E-state index in [4.69, 9.17) is 4.84 Å². The molecule has 1 unspecified atom stereocenters. The summed E-state index contributed by atoms with van der Waals surface area (Å²) in [5.41, 5.74) is 4.18. The van der Waals surface area contributed by atoms with Crippen LogP contribution in [0.25, 0.3) is 0 Å². The molecule has 0 amide bonds. The fraction of sp³-hybridized carbons (Fsp3) is 0.636. The smallest absolute Gasteiger partial charge is 0.0929 e. The molecule has 1 aliphatic heterocycles. The molecule has 1 aliphatic rings. The summed E-state index contributed by atoms with van der Waals surface area (Å²) in [6, 6.07) is 0.451. The fourth-order valence-electron chi connectivity index (χ4n) is 1.46. The number of allylic oxidation sites excluding steroid dienone is 1. The first kappa shape index (κ1) is 11.4. The molecular formula is C11H20N2O. The van der Waals surface area contributed by atoms with Gasteiger partial charge >= 0.3 is 0 Å². The van der Waals surface area contributed by atoms with Gasteiger partial charge in [0.2, 0.25) is 0 Å². The van der Waals surface area contributed by atoms with Crippen molar-refractivity contribution in [3.8, 4) is 0 Å². The molecule has 0 saturated carbocycles. The molecule has 1 atom stereocenters. The average molecular weight is 196 g/mol. The van der Waals surface area contributed by atoms with Crippen LogP contribution in [0.5, 0.6) is 0 Å². The zero-order chi connectivity index (χ0) is 10.2. The third kappa shape index (κ3) is 4.05. The summed E-state index contributed by atoms with van der Waals surface area (Å²) in [4.78, 5) is 5.39. The Bertz CT molecular complexity index is 195. The lowest BCUT2D eigenvalue weighted by atomic mass is 10.1. The molecule has 1 heterocycles. The number of nitrogens with one attached hydrogen (secondary N) is 2. The van der Waals surface area contributed by atoms with E-state index in [0.717, 1.165) is 18.7 Å². The molecule has 0 aromatic rings. The Hall–Kier alpha value is -0.640. The minimum absolute atomic E-state index is 0.451. The first-order chi connectivity index (χ1) is 6.86. The highest BCUT2D eigenvalue weighted by atomic mass is 16.6. The van der Waals surface area contributed by atoms with Gasteiger partial charge in [-0.3, -0.25) is 4.84 Å². The molecule has 14 heavy (non-hydrogen) atoms. The summed E-state index contributed by atoms with van der Waals surface area (Å²) in [5, 5.41) is 3.32. The second-order valence-corrected chi connectivity index (χ2v) is 3.52. The van der Waals surface area contributed by atoms with Crippen molar-refractivity contribution in [3.63, 3.8) is 0 Å². The van der Waals surface area contributed by atoms with Gasteiger partial charge in [0.05, 0.1) is 6.61 Å². The van der Waals surface area contributed by atoms with E-state index in [0.29, 0.717) is 12.6 Å². The predicted molar refractivity (Wildman–Crippen MR) is 58.9 cm³/mol. The highest BCUT2D eigenvalue weighted by Crippen LogP contribution is 2.02. The molecule has 0 aromatic heterocycles. The zero-order valence-corrected chi connectivity index (χ0v) is 8.88. The first-order valence-electron chi connectivity index (χ1n) is 5.22. The van der Waals surface area contributed by atoms with E-state index >= 15 is 0 Å². The highest BCUT2D eigenvalue weighted by Gasteiger charge is 2.11. The first-order valence-corrected chi connectivity index (χ1v) is 5.22. The number of hydrogen-bond acceptors (Lipinski definition) is 3.